The smallest absolute Gasteiger partial charge is 0.253 e. The summed E-state index contributed by atoms with van der Waals surface area (Å²) in [6.45, 7) is 28.5. The summed E-state index contributed by atoms with van der Waals surface area (Å²) in [6.07, 6.45) is 17.1. The van der Waals surface area contributed by atoms with Crippen LogP contribution in [0.1, 0.15) is 213 Å². The molecule has 0 saturated heterocycles. The molecule has 0 fully saturated rings. The van der Waals surface area contributed by atoms with Crippen molar-refractivity contribution in [2.24, 2.45) is 16.7 Å². The molecule has 438 valence electrons. The SMILES string of the molecule is CCCCCCCCC(CCCCCC)C(=O)NC(C)(C)COC(C)(C)CCNC(=O)c1cc(OCCNC(=O)CC(C)(C)COCC(C)(C)CNC(=O)CCN2C(=O)C=CC2=O)cc(C(=O)NCCC(C)(C)OCC)c1. The Morgan fingerprint density at radius 3 is 1.66 bits per heavy atom. The number of ether oxygens (including phenoxy) is 4. The lowest BCUT2D eigenvalue weighted by Gasteiger charge is -2.34. The summed E-state index contributed by atoms with van der Waals surface area (Å²) in [5, 5.41) is 15.0. The molecule has 1 heterocycles. The van der Waals surface area contributed by atoms with Crippen molar-refractivity contribution in [2.75, 3.05) is 65.8 Å². The zero-order valence-electron chi connectivity index (χ0n) is 49.8. The zero-order valence-corrected chi connectivity index (χ0v) is 49.8. The lowest BCUT2D eigenvalue weighted by Crippen LogP contribution is -2.50. The summed E-state index contributed by atoms with van der Waals surface area (Å²) in [4.78, 5) is 91.0. The van der Waals surface area contributed by atoms with E-state index in [1.165, 1.54) is 50.3 Å². The van der Waals surface area contributed by atoms with Gasteiger partial charge < -0.3 is 45.5 Å². The third-order valence-corrected chi connectivity index (χ3v) is 13.5. The van der Waals surface area contributed by atoms with Crippen molar-refractivity contribution in [3.63, 3.8) is 0 Å². The van der Waals surface area contributed by atoms with Crippen LogP contribution in [0.5, 0.6) is 5.75 Å². The minimum absolute atomic E-state index is 0.00105. The van der Waals surface area contributed by atoms with Crippen LogP contribution >= 0.6 is 0 Å². The fourth-order valence-corrected chi connectivity index (χ4v) is 8.73. The van der Waals surface area contributed by atoms with Crippen LogP contribution in [0.4, 0.5) is 0 Å². The number of nitrogens with zero attached hydrogens (tertiary/aromatic N) is 1. The Balaban J connectivity index is 1.97. The molecule has 1 aromatic rings. The van der Waals surface area contributed by atoms with E-state index in [0.717, 1.165) is 49.8 Å². The predicted octanol–water partition coefficient (Wildman–Crippen LogP) is 9.15. The Hall–Kier alpha value is -4.87. The summed E-state index contributed by atoms with van der Waals surface area (Å²) in [5.41, 5.74) is -2.14. The molecule has 0 aromatic heterocycles. The van der Waals surface area contributed by atoms with Crippen molar-refractivity contribution < 1.29 is 52.5 Å². The van der Waals surface area contributed by atoms with E-state index in [1.807, 2.05) is 76.2 Å². The number of hydrogen-bond acceptors (Lipinski definition) is 11. The number of hydrogen-bond donors (Lipinski definition) is 5. The van der Waals surface area contributed by atoms with E-state index in [9.17, 15) is 33.6 Å². The van der Waals surface area contributed by atoms with Gasteiger partial charge >= 0.3 is 0 Å². The minimum atomic E-state index is -0.634. The molecule has 0 bridgehead atoms. The average molecular weight is 1080 g/mol. The fourth-order valence-electron chi connectivity index (χ4n) is 8.73. The number of imide groups is 1. The van der Waals surface area contributed by atoms with Crippen LogP contribution in [-0.4, -0.2) is 129 Å². The van der Waals surface area contributed by atoms with E-state index in [2.05, 4.69) is 40.4 Å². The molecule has 1 aliphatic rings. The molecular formula is C60H102N6O11. The molecule has 2 rings (SSSR count). The van der Waals surface area contributed by atoms with Gasteiger partial charge in [0.1, 0.15) is 12.4 Å². The Kier molecular flexibility index (Phi) is 30.3. The monoisotopic (exact) mass is 1080 g/mol. The molecule has 5 N–H and O–H groups in total. The summed E-state index contributed by atoms with van der Waals surface area (Å²) in [7, 11) is 0. The standard InChI is InChI=1S/C60H102N6O11/c1-14-17-19-21-22-24-26-45(25-23-20-18-15-2)55(73)65-58(8,9)44-77-60(12,13)31-33-63-54(72)47-37-46(53(71)62-32-30-59(10,11)76-16-3)38-48(39-47)75-36-34-61-50(68)40-56(4,5)42-74-43-57(6,7)41-64-49(67)29-35-66-51(69)27-28-52(66)70/h27-28,37-39,45H,14-26,29-36,40-44H2,1-13H3,(H,61,68)(H,62,71)(H,63,72)(H,64,67)(H,65,73). The molecule has 1 aliphatic heterocycles. The summed E-state index contributed by atoms with van der Waals surface area (Å²) in [6, 6.07) is 4.69. The van der Waals surface area contributed by atoms with Gasteiger partial charge in [0.05, 0.1) is 43.1 Å². The second-order valence-electron chi connectivity index (χ2n) is 24.4. The number of carbonyl (C=O) groups excluding carboxylic acids is 7. The highest BCUT2D eigenvalue weighted by atomic mass is 16.5. The first kappa shape index (κ1) is 68.2. The molecule has 0 spiro atoms. The van der Waals surface area contributed by atoms with Crippen LogP contribution in [0.3, 0.4) is 0 Å². The molecule has 17 heteroatoms. The predicted molar refractivity (Wildman–Crippen MR) is 304 cm³/mol. The van der Waals surface area contributed by atoms with Crippen molar-refractivity contribution in [1.82, 2.24) is 31.5 Å². The van der Waals surface area contributed by atoms with Crippen LogP contribution < -0.4 is 31.3 Å². The van der Waals surface area contributed by atoms with E-state index < -0.39 is 45.3 Å². The van der Waals surface area contributed by atoms with Gasteiger partial charge in [-0.05, 0) is 97.8 Å². The van der Waals surface area contributed by atoms with E-state index in [-0.39, 0.29) is 92.1 Å². The normalized spacial score (nSPS) is 13.6. The first-order chi connectivity index (χ1) is 36.1. The van der Waals surface area contributed by atoms with Crippen molar-refractivity contribution >= 4 is 41.4 Å². The highest BCUT2D eigenvalue weighted by Crippen LogP contribution is 2.25. The fraction of sp³-hybridized carbons (Fsp3) is 0.750. The van der Waals surface area contributed by atoms with Crippen molar-refractivity contribution in [1.29, 1.82) is 0 Å². The maximum absolute atomic E-state index is 13.7. The van der Waals surface area contributed by atoms with Gasteiger partial charge in [0.15, 0.2) is 0 Å². The summed E-state index contributed by atoms with van der Waals surface area (Å²) < 4.78 is 24.3. The third kappa shape index (κ3) is 29.6. The lowest BCUT2D eigenvalue weighted by atomic mass is 9.89. The van der Waals surface area contributed by atoms with E-state index in [4.69, 9.17) is 18.9 Å². The van der Waals surface area contributed by atoms with Crippen molar-refractivity contribution in [2.45, 2.75) is 209 Å². The Morgan fingerprint density at radius 1 is 0.584 bits per heavy atom. The number of unbranched alkanes of at least 4 members (excludes halogenated alkanes) is 8. The van der Waals surface area contributed by atoms with E-state index >= 15 is 0 Å². The van der Waals surface area contributed by atoms with Gasteiger partial charge in [-0.15, -0.1) is 0 Å². The highest BCUT2D eigenvalue weighted by molar-refractivity contribution is 6.13. The van der Waals surface area contributed by atoms with Crippen LogP contribution in [-0.2, 0) is 38.2 Å². The minimum Gasteiger partial charge on any atom is -0.492 e. The van der Waals surface area contributed by atoms with Crippen LogP contribution in [0.25, 0.3) is 0 Å². The first-order valence-corrected chi connectivity index (χ1v) is 28.7. The molecule has 0 saturated carbocycles. The van der Waals surface area contributed by atoms with Crippen molar-refractivity contribution in [3.8, 4) is 5.75 Å². The maximum Gasteiger partial charge on any atom is 0.253 e. The van der Waals surface area contributed by atoms with Crippen LogP contribution in [0.2, 0.25) is 0 Å². The summed E-state index contributed by atoms with van der Waals surface area (Å²) >= 11 is 0. The topological polar surface area (TPSA) is 220 Å². The number of amides is 7. The molecule has 7 amide bonds. The molecular weight excluding hydrogens is 981 g/mol. The number of rotatable bonds is 42. The molecule has 1 atom stereocenters. The largest absolute Gasteiger partial charge is 0.492 e. The third-order valence-electron chi connectivity index (χ3n) is 13.5. The number of nitrogens with one attached hydrogen (secondary N) is 5. The Labute approximate surface area is 463 Å². The number of benzene rings is 1. The molecule has 17 nitrogen and oxygen atoms in total. The van der Waals surface area contributed by atoms with Crippen LogP contribution in [0, 0.1) is 16.7 Å². The first-order valence-electron chi connectivity index (χ1n) is 28.7. The molecule has 1 unspecified atom stereocenters. The maximum atomic E-state index is 13.7. The second-order valence-corrected chi connectivity index (χ2v) is 24.4. The quantitative estimate of drug-likeness (QED) is 0.0307. The van der Waals surface area contributed by atoms with Gasteiger partial charge in [-0.3, -0.25) is 38.5 Å². The Morgan fingerprint density at radius 2 is 1.10 bits per heavy atom. The molecule has 0 aliphatic carbocycles. The molecule has 1 aromatic carbocycles. The molecule has 77 heavy (non-hydrogen) atoms. The zero-order chi connectivity index (χ0) is 57.7. The average Bonchev–Trinajstić information content (AvgIpc) is 3.67. The Bertz CT molecular complexity index is 2030. The summed E-state index contributed by atoms with van der Waals surface area (Å²) in [5.74, 6) is -1.73. The van der Waals surface area contributed by atoms with Gasteiger partial charge in [0.2, 0.25) is 17.7 Å². The lowest BCUT2D eigenvalue weighted by molar-refractivity contribution is -0.137. The van der Waals surface area contributed by atoms with Crippen LogP contribution in [0.15, 0.2) is 30.4 Å². The molecule has 0 radical (unpaired) electrons. The van der Waals surface area contributed by atoms with Gasteiger partial charge in [-0.25, -0.2) is 0 Å². The van der Waals surface area contributed by atoms with Crippen molar-refractivity contribution in [3.05, 3.63) is 41.5 Å². The van der Waals surface area contributed by atoms with E-state index in [1.54, 1.807) is 12.1 Å². The van der Waals surface area contributed by atoms with Gasteiger partial charge in [-0.2, -0.15) is 0 Å². The number of carbonyl (C=O) groups is 7. The van der Waals surface area contributed by atoms with Gasteiger partial charge in [-0.1, -0.05) is 106 Å². The van der Waals surface area contributed by atoms with Gasteiger partial charge in [0.25, 0.3) is 23.6 Å². The second kappa shape index (κ2) is 34.2. The highest BCUT2D eigenvalue weighted by Gasteiger charge is 2.31. The van der Waals surface area contributed by atoms with E-state index in [0.29, 0.717) is 45.8 Å². The van der Waals surface area contributed by atoms with Gasteiger partial charge in [0, 0.05) is 80.2 Å².